The average Bonchev–Trinajstić information content (AvgIpc) is 2.47. The second kappa shape index (κ2) is 2.75. The molecule has 0 N–H and O–H groups in total. The van der Waals surface area contributed by atoms with Gasteiger partial charge in [-0.3, -0.25) is 0 Å². The Morgan fingerprint density at radius 2 is 2.27 bits per heavy atom. The van der Waals surface area contributed by atoms with Crippen molar-refractivity contribution >= 4 is 17.7 Å². The van der Waals surface area contributed by atoms with E-state index in [0.29, 0.717) is 6.54 Å². The molecular weight excluding hydrogens is 158 g/mol. The number of rotatable bonds is 1. The third-order valence-electron chi connectivity index (χ3n) is 1.55. The summed E-state index contributed by atoms with van der Waals surface area (Å²) in [4.78, 5) is 1.16. The maximum Gasteiger partial charge on any atom is 0.0808 e. The van der Waals surface area contributed by atoms with Crippen LogP contribution >= 0.6 is 12.0 Å². The Labute approximate surface area is 70.3 Å². The summed E-state index contributed by atoms with van der Waals surface area (Å²) in [6, 6.07) is 8.06. The monoisotopic (exact) mass is 166 g/mol. The van der Waals surface area contributed by atoms with Crippen LogP contribution in [0, 0.1) is 6.92 Å². The predicted molar refractivity (Wildman–Crippen MR) is 46.1 cm³/mol. The average molecular weight is 166 g/mol. The van der Waals surface area contributed by atoms with Crippen molar-refractivity contribution in [2.75, 3.05) is 11.6 Å². The molecule has 57 valence electrons. The quantitative estimate of drug-likeness (QED) is 0.594. The van der Waals surface area contributed by atoms with Crippen LogP contribution in [0.25, 0.3) is 0 Å². The van der Waals surface area contributed by atoms with Crippen LogP contribution in [-0.4, -0.2) is 6.54 Å². The van der Waals surface area contributed by atoms with Gasteiger partial charge in [0.25, 0.3) is 0 Å². The highest BCUT2D eigenvalue weighted by molar-refractivity contribution is 7.95. The molecule has 0 bridgehead atoms. The maximum absolute atomic E-state index is 5.26. The van der Waals surface area contributed by atoms with Crippen molar-refractivity contribution < 1.29 is 4.28 Å². The van der Waals surface area contributed by atoms with Gasteiger partial charge >= 0.3 is 0 Å². The molecule has 0 aromatic heterocycles. The smallest absolute Gasteiger partial charge is 0.0808 e. The van der Waals surface area contributed by atoms with Crippen LogP contribution in [0.4, 0.5) is 5.69 Å². The number of hydrogen-bond acceptors (Lipinski definition) is 3. The van der Waals surface area contributed by atoms with Crippen LogP contribution in [-0.2, 0) is 4.28 Å². The van der Waals surface area contributed by atoms with Crippen LogP contribution in [0.5, 0.6) is 0 Å². The molecule has 1 aliphatic rings. The summed E-state index contributed by atoms with van der Waals surface area (Å²) in [6.07, 6.45) is 0. The molecule has 1 heterocycles. The van der Waals surface area contributed by atoms with Gasteiger partial charge in [-0.05, 0) is 19.1 Å². The van der Waals surface area contributed by atoms with E-state index < -0.39 is 0 Å². The van der Waals surface area contributed by atoms with Gasteiger partial charge in [0.15, 0.2) is 0 Å². The number of fused-ring (bicyclic) bond motifs is 1. The highest BCUT2D eigenvalue weighted by Gasteiger charge is 2.18. The van der Waals surface area contributed by atoms with Gasteiger partial charge in [-0.1, -0.05) is 12.1 Å². The van der Waals surface area contributed by atoms with E-state index in [9.17, 15) is 0 Å². The third-order valence-corrected chi connectivity index (χ3v) is 2.33. The minimum atomic E-state index is 0.643. The van der Waals surface area contributed by atoms with E-state index in [-0.39, 0.29) is 0 Å². The van der Waals surface area contributed by atoms with Crippen LogP contribution in [0.1, 0.15) is 0 Å². The lowest BCUT2D eigenvalue weighted by Gasteiger charge is -2.11. The van der Waals surface area contributed by atoms with Crippen molar-refractivity contribution in [3.05, 3.63) is 31.2 Å². The van der Waals surface area contributed by atoms with Crippen molar-refractivity contribution in [1.82, 2.24) is 0 Å². The Balaban J connectivity index is 2.39. The van der Waals surface area contributed by atoms with E-state index >= 15 is 0 Å². The van der Waals surface area contributed by atoms with E-state index in [0.717, 1.165) is 10.6 Å². The molecular formula is C8H8NOS. The molecule has 1 aromatic carbocycles. The van der Waals surface area contributed by atoms with Gasteiger partial charge in [-0.25, -0.2) is 5.06 Å². The summed E-state index contributed by atoms with van der Waals surface area (Å²) >= 11 is 1.39. The normalized spacial score (nSPS) is 15.2. The zero-order chi connectivity index (χ0) is 7.68. The van der Waals surface area contributed by atoms with Crippen LogP contribution in [0.3, 0.4) is 0 Å². The minimum absolute atomic E-state index is 0.643. The van der Waals surface area contributed by atoms with Gasteiger partial charge in [-0.2, -0.15) is 4.28 Å². The Morgan fingerprint density at radius 1 is 1.45 bits per heavy atom. The van der Waals surface area contributed by atoms with Crippen molar-refractivity contribution in [3.63, 3.8) is 0 Å². The number of benzene rings is 1. The summed E-state index contributed by atoms with van der Waals surface area (Å²) < 4.78 is 5.26. The topological polar surface area (TPSA) is 12.5 Å². The number of para-hydroxylation sites is 1. The van der Waals surface area contributed by atoms with Crippen LogP contribution < -0.4 is 5.06 Å². The van der Waals surface area contributed by atoms with Crippen LogP contribution in [0.2, 0.25) is 0 Å². The van der Waals surface area contributed by atoms with Gasteiger partial charge in [0.2, 0.25) is 0 Å². The molecule has 0 unspecified atom stereocenters. The van der Waals surface area contributed by atoms with E-state index in [1.54, 1.807) is 5.06 Å². The Hall–Kier alpha value is -0.670. The molecule has 0 spiro atoms. The van der Waals surface area contributed by atoms with E-state index in [1.165, 1.54) is 12.0 Å². The third kappa shape index (κ3) is 1.10. The molecule has 0 saturated carbocycles. The molecule has 2 rings (SSSR count). The second-order valence-electron chi connectivity index (χ2n) is 2.23. The van der Waals surface area contributed by atoms with E-state index in [2.05, 4.69) is 6.92 Å². The zero-order valence-electron chi connectivity index (χ0n) is 5.99. The minimum Gasteiger partial charge on any atom is -0.240 e. The zero-order valence-corrected chi connectivity index (χ0v) is 6.80. The summed E-state index contributed by atoms with van der Waals surface area (Å²) in [5.41, 5.74) is 1.12. The molecule has 1 radical (unpaired) electrons. The van der Waals surface area contributed by atoms with Gasteiger partial charge in [0.1, 0.15) is 0 Å². The fraction of sp³-hybridized carbons (Fsp3) is 0.125. The maximum atomic E-state index is 5.26. The Bertz CT molecular complexity index is 264. The molecule has 0 saturated heterocycles. The summed E-state index contributed by atoms with van der Waals surface area (Å²) in [7, 11) is 0. The molecule has 1 aliphatic heterocycles. The molecule has 0 fully saturated rings. The Kier molecular flexibility index (Phi) is 1.75. The first-order chi connectivity index (χ1) is 5.42. The lowest BCUT2D eigenvalue weighted by molar-refractivity contribution is 0.355. The first-order valence-electron chi connectivity index (χ1n) is 3.42. The summed E-state index contributed by atoms with van der Waals surface area (Å²) in [5.74, 6) is 0. The van der Waals surface area contributed by atoms with Crippen molar-refractivity contribution in [2.24, 2.45) is 0 Å². The summed E-state index contributed by atoms with van der Waals surface area (Å²) in [5, 5.41) is 1.78. The fourth-order valence-electron chi connectivity index (χ4n) is 1.02. The number of anilines is 1. The number of hydroxylamine groups is 1. The first-order valence-corrected chi connectivity index (χ1v) is 4.16. The van der Waals surface area contributed by atoms with Crippen molar-refractivity contribution in [2.45, 2.75) is 4.90 Å². The fourth-order valence-corrected chi connectivity index (χ4v) is 1.73. The van der Waals surface area contributed by atoms with E-state index in [4.69, 9.17) is 4.28 Å². The van der Waals surface area contributed by atoms with Gasteiger partial charge < -0.3 is 0 Å². The summed E-state index contributed by atoms with van der Waals surface area (Å²) in [6.45, 7) is 4.40. The molecule has 0 aliphatic carbocycles. The number of hydrogen-bond donors (Lipinski definition) is 0. The molecule has 11 heavy (non-hydrogen) atoms. The molecule has 3 heteroatoms. The lowest BCUT2D eigenvalue weighted by atomic mass is 10.3. The van der Waals surface area contributed by atoms with Gasteiger partial charge in [0.05, 0.1) is 22.6 Å². The first kappa shape index (κ1) is 7.00. The lowest BCUT2D eigenvalue weighted by Crippen LogP contribution is -2.15. The SMILES string of the molecule is [CH2]CN1OSc2ccccc21. The molecule has 0 amide bonds. The standard InChI is InChI=1S/C8H8NOS/c1-2-9-7-5-3-4-6-8(7)11-10-9/h3-6H,1-2H2. The van der Waals surface area contributed by atoms with Crippen molar-refractivity contribution in [1.29, 1.82) is 0 Å². The van der Waals surface area contributed by atoms with Gasteiger partial charge in [-0.15, -0.1) is 0 Å². The van der Waals surface area contributed by atoms with Gasteiger partial charge in [0, 0.05) is 6.54 Å². The second-order valence-corrected chi connectivity index (χ2v) is 2.98. The van der Waals surface area contributed by atoms with Crippen molar-refractivity contribution in [3.8, 4) is 0 Å². The molecule has 2 nitrogen and oxygen atoms in total. The Morgan fingerprint density at radius 3 is 3.09 bits per heavy atom. The molecule has 0 atom stereocenters. The largest absolute Gasteiger partial charge is 0.240 e. The van der Waals surface area contributed by atoms with Crippen LogP contribution in [0.15, 0.2) is 29.2 Å². The van der Waals surface area contributed by atoms with E-state index in [1.807, 2.05) is 24.3 Å². The number of nitrogens with zero attached hydrogens (tertiary/aromatic N) is 1. The highest BCUT2D eigenvalue weighted by atomic mass is 32.2. The molecule has 1 aromatic rings. The highest BCUT2D eigenvalue weighted by Crippen LogP contribution is 2.38. The predicted octanol–water partition coefficient (Wildman–Crippen LogP) is 2.28.